The molecule has 7 heteroatoms. The summed E-state index contributed by atoms with van der Waals surface area (Å²) in [4.78, 5) is 31.6. The predicted molar refractivity (Wildman–Crippen MR) is 138 cm³/mol. The highest BCUT2D eigenvalue weighted by molar-refractivity contribution is 8.00. The maximum absolute atomic E-state index is 13.5. The van der Waals surface area contributed by atoms with Gasteiger partial charge < -0.3 is 10.1 Å². The topological polar surface area (TPSA) is 73.2 Å². The van der Waals surface area contributed by atoms with Crippen LogP contribution in [0.3, 0.4) is 0 Å². The molecule has 174 valence electrons. The molecule has 0 bridgehead atoms. The van der Waals surface area contributed by atoms with E-state index in [-0.39, 0.29) is 17.4 Å². The van der Waals surface area contributed by atoms with E-state index >= 15 is 0 Å². The number of nitrogens with one attached hydrogen (secondary N) is 1. The van der Waals surface area contributed by atoms with Gasteiger partial charge in [-0.1, -0.05) is 74.1 Å². The molecule has 0 aliphatic rings. The van der Waals surface area contributed by atoms with Crippen LogP contribution in [-0.4, -0.2) is 22.6 Å². The van der Waals surface area contributed by atoms with Crippen molar-refractivity contribution in [1.29, 1.82) is 0 Å². The van der Waals surface area contributed by atoms with Crippen molar-refractivity contribution < 1.29 is 9.53 Å². The van der Waals surface area contributed by atoms with Gasteiger partial charge in [-0.3, -0.25) is 14.2 Å². The lowest BCUT2D eigenvalue weighted by atomic mass is 10.1. The molecule has 0 radical (unpaired) electrons. The standard InChI is InChI=1S/C27H27N3O3S/c1-18(2)17-30-26(32)22-14-7-8-15-23(22)29-27(30)34-24(19-10-5-4-6-11-19)25(31)28-20-12-9-13-21(16-20)33-3/h4-16,18,24H,17H2,1-3H3,(H,28,31)/t24-/m1/s1. The quantitative estimate of drug-likeness (QED) is 0.269. The number of thioether (sulfide) groups is 1. The molecule has 1 atom stereocenters. The highest BCUT2D eigenvalue weighted by Gasteiger charge is 2.25. The molecule has 1 aromatic heterocycles. The minimum atomic E-state index is -0.612. The fourth-order valence-corrected chi connectivity index (χ4v) is 4.78. The lowest BCUT2D eigenvalue weighted by Crippen LogP contribution is -2.27. The molecule has 4 rings (SSSR count). The van der Waals surface area contributed by atoms with E-state index in [0.29, 0.717) is 34.0 Å². The van der Waals surface area contributed by atoms with Crippen LogP contribution in [0.15, 0.2) is 88.8 Å². The first-order chi connectivity index (χ1) is 16.5. The Morgan fingerprint density at radius 3 is 2.50 bits per heavy atom. The number of hydrogen-bond acceptors (Lipinski definition) is 5. The fourth-order valence-electron chi connectivity index (χ4n) is 3.68. The molecule has 0 saturated carbocycles. The van der Waals surface area contributed by atoms with E-state index < -0.39 is 5.25 Å². The minimum absolute atomic E-state index is 0.0955. The number of ether oxygens (including phenoxy) is 1. The molecule has 1 N–H and O–H groups in total. The summed E-state index contributed by atoms with van der Waals surface area (Å²) in [6.45, 7) is 4.62. The van der Waals surface area contributed by atoms with E-state index in [4.69, 9.17) is 9.72 Å². The van der Waals surface area contributed by atoms with E-state index in [2.05, 4.69) is 19.2 Å². The zero-order valence-electron chi connectivity index (χ0n) is 19.4. The van der Waals surface area contributed by atoms with Crippen molar-refractivity contribution in [3.05, 3.63) is 94.8 Å². The molecule has 0 saturated heterocycles. The van der Waals surface area contributed by atoms with Gasteiger partial charge in [0.25, 0.3) is 5.56 Å². The molecule has 3 aromatic carbocycles. The van der Waals surface area contributed by atoms with Gasteiger partial charge in [0.1, 0.15) is 11.0 Å². The van der Waals surface area contributed by atoms with Crippen molar-refractivity contribution in [2.75, 3.05) is 12.4 Å². The molecule has 0 aliphatic carbocycles. The first kappa shape index (κ1) is 23.6. The first-order valence-corrected chi connectivity index (χ1v) is 12.0. The molecule has 0 spiro atoms. The summed E-state index contributed by atoms with van der Waals surface area (Å²) < 4.78 is 6.97. The third-order valence-corrected chi connectivity index (χ3v) is 6.52. The molecule has 1 amide bonds. The van der Waals surface area contributed by atoms with Crippen LogP contribution in [0.25, 0.3) is 10.9 Å². The maximum Gasteiger partial charge on any atom is 0.262 e. The first-order valence-electron chi connectivity index (χ1n) is 11.1. The summed E-state index contributed by atoms with van der Waals surface area (Å²) in [5, 5.41) is 3.47. The van der Waals surface area contributed by atoms with Gasteiger partial charge in [-0.2, -0.15) is 0 Å². The lowest BCUT2D eigenvalue weighted by Gasteiger charge is -2.20. The van der Waals surface area contributed by atoms with Crippen LogP contribution in [0, 0.1) is 5.92 Å². The Morgan fingerprint density at radius 2 is 1.76 bits per heavy atom. The van der Waals surface area contributed by atoms with Crippen molar-refractivity contribution >= 4 is 34.3 Å². The van der Waals surface area contributed by atoms with Gasteiger partial charge in [0.05, 0.1) is 18.0 Å². The Morgan fingerprint density at radius 1 is 1.03 bits per heavy atom. The van der Waals surface area contributed by atoms with Crippen LogP contribution in [0.5, 0.6) is 5.75 Å². The highest BCUT2D eigenvalue weighted by Crippen LogP contribution is 2.36. The average Bonchev–Trinajstić information content (AvgIpc) is 2.85. The summed E-state index contributed by atoms with van der Waals surface area (Å²) in [6, 6.07) is 24.1. The zero-order valence-corrected chi connectivity index (χ0v) is 20.2. The monoisotopic (exact) mass is 473 g/mol. The Kier molecular flexibility index (Phi) is 7.33. The molecular formula is C27H27N3O3S. The second-order valence-electron chi connectivity index (χ2n) is 8.35. The normalized spacial score (nSPS) is 12.0. The van der Waals surface area contributed by atoms with Crippen LogP contribution in [0.1, 0.15) is 24.7 Å². The molecule has 0 fully saturated rings. The number of carbonyl (C=O) groups is 1. The number of methoxy groups -OCH3 is 1. The average molecular weight is 474 g/mol. The third-order valence-electron chi connectivity index (χ3n) is 5.28. The summed E-state index contributed by atoms with van der Waals surface area (Å²) in [7, 11) is 1.59. The van der Waals surface area contributed by atoms with Crippen molar-refractivity contribution in [1.82, 2.24) is 9.55 Å². The van der Waals surface area contributed by atoms with E-state index in [0.717, 1.165) is 5.56 Å². The largest absolute Gasteiger partial charge is 0.497 e. The highest BCUT2D eigenvalue weighted by atomic mass is 32.2. The number of para-hydroxylation sites is 1. The molecule has 0 aliphatic heterocycles. The van der Waals surface area contributed by atoms with Gasteiger partial charge in [0, 0.05) is 18.3 Å². The third kappa shape index (κ3) is 5.31. The Hall–Kier alpha value is -3.58. The Bertz CT molecular complexity index is 1350. The number of carbonyl (C=O) groups excluding carboxylic acids is 1. The van der Waals surface area contributed by atoms with Crippen molar-refractivity contribution in [2.45, 2.75) is 30.8 Å². The smallest absolute Gasteiger partial charge is 0.262 e. The summed E-state index contributed by atoms with van der Waals surface area (Å²) in [6.07, 6.45) is 0. The number of rotatable bonds is 8. The van der Waals surface area contributed by atoms with E-state index in [1.165, 1.54) is 11.8 Å². The van der Waals surface area contributed by atoms with Crippen LogP contribution in [0.2, 0.25) is 0 Å². The van der Waals surface area contributed by atoms with Crippen LogP contribution in [0.4, 0.5) is 5.69 Å². The second kappa shape index (κ2) is 10.6. The fraction of sp³-hybridized carbons (Fsp3) is 0.222. The summed E-state index contributed by atoms with van der Waals surface area (Å²) in [5.41, 5.74) is 1.99. The van der Waals surface area contributed by atoms with Gasteiger partial charge in [0.2, 0.25) is 5.91 Å². The Balaban J connectivity index is 1.76. The number of anilines is 1. The number of aromatic nitrogens is 2. The van der Waals surface area contributed by atoms with Crippen molar-refractivity contribution in [2.24, 2.45) is 5.92 Å². The van der Waals surface area contributed by atoms with Gasteiger partial charge in [-0.15, -0.1) is 0 Å². The van der Waals surface area contributed by atoms with Crippen molar-refractivity contribution in [3.8, 4) is 5.75 Å². The molecule has 34 heavy (non-hydrogen) atoms. The van der Waals surface area contributed by atoms with Crippen LogP contribution < -0.4 is 15.6 Å². The van der Waals surface area contributed by atoms with Gasteiger partial charge in [-0.05, 0) is 35.7 Å². The zero-order chi connectivity index (χ0) is 24.1. The number of nitrogens with zero attached hydrogens (tertiary/aromatic N) is 2. The summed E-state index contributed by atoms with van der Waals surface area (Å²) in [5.74, 6) is 0.687. The van der Waals surface area contributed by atoms with E-state index in [1.807, 2.05) is 66.7 Å². The predicted octanol–water partition coefficient (Wildman–Crippen LogP) is 5.53. The summed E-state index contributed by atoms with van der Waals surface area (Å²) >= 11 is 1.29. The van der Waals surface area contributed by atoms with Gasteiger partial charge in [0.15, 0.2) is 5.16 Å². The molecule has 6 nitrogen and oxygen atoms in total. The van der Waals surface area contributed by atoms with E-state index in [9.17, 15) is 9.59 Å². The number of fused-ring (bicyclic) bond motifs is 1. The SMILES string of the molecule is COc1cccc(NC(=O)[C@H](Sc2nc3ccccc3c(=O)n2CC(C)C)c2ccccc2)c1. The van der Waals surface area contributed by atoms with Gasteiger partial charge >= 0.3 is 0 Å². The molecule has 1 heterocycles. The maximum atomic E-state index is 13.5. The number of hydrogen-bond donors (Lipinski definition) is 1. The molecule has 4 aromatic rings. The van der Waals surface area contributed by atoms with Crippen molar-refractivity contribution in [3.63, 3.8) is 0 Å². The number of benzene rings is 3. The van der Waals surface area contributed by atoms with E-state index in [1.54, 1.807) is 23.8 Å². The lowest BCUT2D eigenvalue weighted by molar-refractivity contribution is -0.115. The number of amides is 1. The van der Waals surface area contributed by atoms with Gasteiger partial charge in [-0.25, -0.2) is 4.98 Å². The molecular weight excluding hydrogens is 446 g/mol. The van der Waals surface area contributed by atoms with Crippen LogP contribution >= 0.6 is 11.8 Å². The minimum Gasteiger partial charge on any atom is -0.497 e. The second-order valence-corrected chi connectivity index (χ2v) is 9.42. The Labute approximate surface area is 203 Å². The molecule has 0 unspecified atom stereocenters. The van der Waals surface area contributed by atoms with Crippen LogP contribution in [-0.2, 0) is 11.3 Å².